The summed E-state index contributed by atoms with van der Waals surface area (Å²) >= 11 is 0. The number of nitrogens with one attached hydrogen (secondary N) is 1. The van der Waals surface area contributed by atoms with Gasteiger partial charge in [-0.15, -0.1) is 0 Å². The number of hydrogen-bond acceptors (Lipinski definition) is 4. The quantitative estimate of drug-likeness (QED) is 0.804. The maximum atomic E-state index is 12.6. The van der Waals surface area contributed by atoms with Gasteiger partial charge in [0.1, 0.15) is 0 Å². The number of carbonyl (C=O) groups excluding carboxylic acids is 2. The molecule has 4 rings (SSSR count). The molecule has 0 aliphatic carbocycles. The largest absolute Gasteiger partial charge is 0.369 e. The molecule has 0 unspecified atom stereocenters. The third kappa shape index (κ3) is 4.09. The summed E-state index contributed by atoms with van der Waals surface area (Å²) in [6, 6.07) is 15.7. The molecule has 2 aromatic carbocycles. The van der Waals surface area contributed by atoms with Crippen LogP contribution in [-0.2, 0) is 11.3 Å². The minimum atomic E-state index is -0.0798. The normalized spacial score (nSPS) is 16.7. The average Bonchev–Trinajstić information content (AvgIpc) is 3.02. The van der Waals surface area contributed by atoms with Crippen LogP contribution in [0.2, 0.25) is 0 Å². The van der Waals surface area contributed by atoms with Gasteiger partial charge in [0.25, 0.3) is 5.91 Å². The Hall–Kier alpha value is -3.12. The summed E-state index contributed by atoms with van der Waals surface area (Å²) in [6.07, 6.45) is 0.245. The van der Waals surface area contributed by atoms with E-state index in [0.717, 1.165) is 37.3 Å². The summed E-state index contributed by atoms with van der Waals surface area (Å²) in [7, 11) is 2.14. The van der Waals surface area contributed by atoms with E-state index in [9.17, 15) is 9.59 Å². The summed E-state index contributed by atoms with van der Waals surface area (Å²) < 4.78 is 0. The SMILES string of the molecule is C=C1c2ccccc2C(=O)N1CCC(=O)NCc1ccccc1N1CCN(C)CC1. The number of anilines is 1. The molecule has 2 aliphatic heterocycles. The van der Waals surface area contributed by atoms with Crippen molar-refractivity contribution in [1.82, 2.24) is 15.1 Å². The van der Waals surface area contributed by atoms with Crippen LogP contribution in [0.3, 0.4) is 0 Å². The molecule has 2 amide bonds. The van der Waals surface area contributed by atoms with Crippen LogP contribution in [0.5, 0.6) is 0 Å². The number of hydrogen-bond donors (Lipinski definition) is 1. The van der Waals surface area contributed by atoms with E-state index in [2.05, 4.69) is 40.9 Å². The summed E-state index contributed by atoms with van der Waals surface area (Å²) in [5, 5.41) is 3.02. The number of fused-ring (bicyclic) bond motifs is 1. The first-order valence-electron chi connectivity index (χ1n) is 10.4. The van der Waals surface area contributed by atoms with E-state index in [0.29, 0.717) is 24.4 Å². The molecular weight excluding hydrogens is 376 g/mol. The molecule has 6 nitrogen and oxygen atoms in total. The summed E-state index contributed by atoms with van der Waals surface area (Å²) in [6.45, 7) is 8.90. The molecule has 1 fully saturated rings. The van der Waals surface area contributed by atoms with Crippen LogP contribution >= 0.6 is 0 Å². The van der Waals surface area contributed by atoms with Crippen molar-refractivity contribution in [2.24, 2.45) is 0 Å². The second kappa shape index (κ2) is 8.71. The van der Waals surface area contributed by atoms with Gasteiger partial charge in [-0.25, -0.2) is 0 Å². The Labute approximate surface area is 177 Å². The van der Waals surface area contributed by atoms with Crippen molar-refractivity contribution in [1.29, 1.82) is 0 Å². The van der Waals surface area contributed by atoms with Gasteiger partial charge in [-0.1, -0.05) is 43.0 Å². The number of likely N-dealkylation sites (N-methyl/N-ethyl adjacent to an activating group) is 1. The van der Waals surface area contributed by atoms with E-state index in [1.54, 1.807) is 11.0 Å². The molecule has 0 atom stereocenters. The summed E-state index contributed by atoms with van der Waals surface area (Å²) in [5.74, 6) is -0.149. The predicted molar refractivity (Wildman–Crippen MR) is 119 cm³/mol. The minimum absolute atomic E-state index is 0.0697. The molecule has 0 saturated carbocycles. The first-order chi connectivity index (χ1) is 14.5. The van der Waals surface area contributed by atoms with Crippen LogP contribution in [0.25, 0.3) is 5.70 Å². The molecule has 30 heavy (non-hydrogen) atoms. The lowest BCUT2D eigenvalue weighted by Gasteiger charge is -2.35. The zero-order valence-corrected chi connectivity index (χ0v) is 17.4. The highest BCUT2D eigenvalue weighted by atomic mass is 16.2. The summed E-state index contributed by atoms with van der Waals surface area (Å²) in [4.78, 5) is 31.4. The maximum absolute atomic E-state index is 12.6. The van der Waals surface area contributed by atoms with Crippen LogP contribution in [0.15, 0.2) is 55.1 Å². The molecule has 2 aliphatic rings. The van der Waals surface area contributed by atoms with Gasteiger partial charge < -0.3 is 20.0 Å². The minimum Gasteiger partial charge on any atom is -0.369 e. The molecule has 0 radical (unpaired) electrons. The van der Waals surface area contributed by atoms with Gasteiger partial charge in [0.15, 0.2) is 0 Å². The lowest BCUT2D eigenvalue weighted by atomic mass is 10.1. The Balaban J connectivity index is 1.32. The van der Waals surface area contributed by atoms with Crippen LogP contribution in [-0.4, -0.2) is 61.4 Å². The van der Waals surface area contributed by atoms with E-state index in [-0.39, 0.29) is 18.2 Å². The first kappa shape index (κ1) is 20.2. The van der Waals surface area contributed by atoms with Gasteiger partial charge in [0.2, 0.25) is 5.91 Å². The van der Waals surface area contributed by atoms with Gasteiger partial charge in [-0.05, 0) is 24.7 Å². The maximum Gasteiger partial charge on any atom is 0.258 e. The number of carbonyl (C=O) groups is 2. The third-order valence-corrected chi connectivity index (χ3v) is 5.91. The van der Waals surface area contributed by atoms with Gasteiger partial charge in [0, 0.05) is 68.2 Å². The Morgan fingerprint density at radius 3 is 2.40 bits per heavy atom. The molecular formula is C24H28N4O2. The molecule has 0 aromatic heterocycles. The van der Waals surface area contributed by atoms with Gasteiger partial charge in [0.05, 0.1) is 0 Å². The smallest absolute Gasteiger partial charge is 0.258 e. The van der Waals surface area contributed by atoms with Gasteiger partial charge in [-0.2, -0.15) is 0 Å². The monoisotopic (exact) mass is 404 g/mol. The van der Waals surface area contributed by atoms with Crippen LogP contribution in [0, 0.1) is 0 Å². The predicted octanol–water partition coefficient (Wildman–Crippen LogP) is 2.57. The van der Waals surface area contributed by atoms with Crippen LogP contribution < -0.4 is 10.2 Å². The van der Waals surface area contributed by atoms with Crippen molar-refractivity contribution in [3.8, 4) is 0 Å². The average molecular weight is 405 g/mol. The second-order valence-electron chi connectivity index (χ2n) is 7.89. The molecule has 0 bridgehead atoms. The zero-order valence-electron chi connectivity index (χ0n) is 17.4. The van der Waals surface area contributed by atoms with Crippen LogP contribution in [0.1, 0.15) is 27.9 Å². The van der Waals surface area contributed by atoms with Crippen molar-refractivity contribution in [2.45, 2.75) is 13.0 Å². The van der Waals surface area contributed by atoms with Gasteiger partial charge in [-0.3, -0.25) is 9.59 Å². The Morgan fingerprint density at radius 1 is 1.00 bits per heavy atom. The van der Waals surface area contributed by atoms with Crippen molar-refractivity contribution in [3.05, 3.63) is 71.8 Å². The molecule has 0 spiro atoms. The molecule has 1 saturated heterocycles. The second-order valence-corrected chi connectivity index (χ2v) is 7.89. The van der Waals surface area contributed by atoms with E-state index in [1.165, 1.54) is 5.69 Å². The molecule has 156 valence electrons. The zero-order chi connectivity index (χ0) is 21.1. The number of benzene rings is 2. The van der Waals surface area contributed by atoms with Crippen molar-refractivity contribution < 1.29 is 9.59 Å². The topological polar surface area (TPSA) is 55.9 Å². The Bertz CT molecular complexity index is 928. The van der Waals surface area contributed by atoms with Crippen LogP contribution in [0.4, 0.5) is 5.69 Å². The molecule has 2 heterocycles. The van der Waals surface area contributed by atoms with E-state index < -0.39 is 0 Å². The van der Waals surface area contributed by atoms with E-state index in [4.69, 9.17) is 0 Å². The fraction of sp³-hybridized carbons (Fsp3) is 0.333. The Kier molecular flexibility index (Phi) is 5.86. The lowest BCUT2D eigenvalue weighted by molar-refractivity contribution is -0.121. The van der Waals surface area contributed by atoms with E-state index in [1.807, 2.05) is 30.3 Å². The number of piperazine rings is 1. The number of nitrogens with zero attached hydrogens (tertiary/aromatic N) is 3. The lowest BCUT2D eigenvalue weighted by Crippen LogP contribution is -2.45. The van der Waals surface area contributed by atoms with Gasteiger partial charge >= 0.3 is 0 Å². The Morgan fingerprint density at radius 2 is 1.67 bits per heavy atom. The van der Waals surface area contributed by atoms with E-state index >= 15 is 0 Å². The fourth-order valence-corrected chi connectivity index (χ4v) is 4.08. The fourth-order valence-electron chi connectivity index (χ4n) is 4.08. The molecule has 2 aromatic rings. The van der Waals surface area contributed by atoms with Crippen molar-refractivity contribution >= 4 is 23.2 Å². The van der Waals surface area contributed by atoms with Crippen molar-refractivity contribution in [2.75, 3.05) is 44.7 Å². The summed E-state index contributed by atoms with van der Waals surface area (Å²) in [5.41, 5.74) is 4.48. The third-order valence-electron chi connectivity index (χ3n) is 5.91. The number of para-hydroxylation sites is 1. The molecule has 6 heteroatoms. The van der Waals surface area contributed by atoms with Crippen molar-refractivity contribution in [3.63, 3.8) is 0 Å². The number of rotatable bonds is 6. The highest BCUT2D eigenvalue weighted by Gasteiger charge is 2.30. The standard InChI is InChI=1S/C24H28N4O2/c1-18-20-8-4-5-9-21(20)24(30)28(18)12-11-23(29)25-17-19-7-3-6-10-22(19)27-15-13-26(2)14-16-27/h3-10H,1,11-17H2,2H3,(H,25,29). The highest BCUT2D eigenvalue weighted by Crippen LogP contribution is 2.31. The first-order valence-corrected chi connectivity index (χ1v) is 10.4. The molecule has 1 N–H and O–H groups in total. The number of amides is 2. The highest BCUT2D eigenvalue weighted by molar-refractivity contribution is 6.08.